The molecule has 5 nitrogen and oxygen atoms in total. The molecule has 0 atom stereocenters. The van der Waals surface area contributed by atoms with Gasteiger partial charge in [-0.15, -0.1) is 3.71 Å². The van der Waals surface area contributed by atoms with Crippen LogP contribution in [0.1, 0.15) is 19.4 Å². The van der Waals surface area contributed by atoms with Gasteiger partial charge in [0.05, 0.1) is 15.6 Å². The summed E-state index contributed by atoms with van der Waals surface area (Å²) in [6.45, 7) is 5.79. The number of aliphatic imine (C=N–C) groups is 1. The molecule has 2 rings (SSSR count). The molecule has 27 heavy (non-hydrogen) atoms. The quantitative estimate of drug-likeness (QED) is 0.342. The molecule has 9 heteroatoms. The first-order valence-corrected chi connectivity index (χ1v) is 11.2. The van der Waals surface area contributed by atoms with Crippen LogP contribution in [0.25, 0.3) is 0 Å². The van der Waals surface area contributed by atoms with Crippen molar-refractivity contribution in [2.75, 3.05) is 6.54 Å². The molecule has 0 amide bonds. The Bertz CT molecular complexity index is 919. The van der Waals surface area contributed by atoms with Gasteiger partial charge in [-0.2, -0.15) is 0 Å². The summed E-state index contributed by atoms with van der Waals surface area (Å²) in [4.78, 5) is 4.56. The molecule has 0 aliphatic carbocycles. The molecule has 0 heterocycles. The Morgan fingerprint density at radius 1 is 1.22 bits per heavy atom. The zero-order valence-corrected chi connectivity index (χ0v) is 18.3. The molecule has 0 spiro atoms. The molecule has 1 N–H and O–H groups in total. The molecule has 0 radical (unpaired) electrons. The van der Waals surface area contributed by atoms with E-state index < -0.39 is 10.0 Å². The van der Waals surface area contributed by atoms with Crippen LogP contribution >= 0.6 is 35.3 Å². The van der Waals surface area contributed by atoms with Gasteiger partial charge in [0, 0.05) is 36.0 Å². The summed E-state index contributed by atoms with van der Waals surface area (Å²) < 4.78 is 30.3. The largest absolute Gasteiger partial charge is 0.258 e. The molecule has 146 valence electrons. The summed E-state index contributed by atoms with van der Waals surface area (Å²) in [6.07, 6.45) is 1.63. The lowest BCUT2D eigenvalue weighted by atomic mass is 10.2. The molecule has 0 bridgehead atoms. The van der Waals surface area contributed by atoms with Gasteiger partial charge in [0.2, 0.25) is 0 Å². The number of aryl methyl sites for hydroxylation is 1. The van der Waals surface area contributed by atoms with Gasteiger partial charge in [-0.3, -0.25) is 4.99 Å². The predicted octanol–water partition coefficient (Wildman–Crippen LogP) is 5.26. The van der Waals surface area contributed by atoms with E-state index in [2.05, 4.69) is 9.71 Å². The van der Waals surface area contributed by atoms with E-state index in [1.54, 1.807) is 49.5 Å². The summed E-state index contributed by atoms with van der Waals surface area (Å²) >= 11 is 13.0. The monoisotopic (exact) mass is 445 g/mol. The molecule has 0 saturated carbocycles. The standard InChI is InChI=1S/C18H21Cl2N3O2S2/c1-13(2)23(27(24,25)18-7-5-4-6-14(18)3)26-22-11-10-21-17-9-8-15(19)12-16(17)20/h4-10,12-13,22H,11H2,1-3H3. The molecule has 0 aromatic heterocycles. The Hall–Kier alpha value is -1.09. The third-order valence-electron chi connectivity index (χ3n) is 3.50. The van der Waals surface area contributed by atoms with E-state index in [0.29, 0.717) is 32.7 Å². The summed E-state index contributed by atoms with van der Waals surface area (Å²) in [5, 5.41) is 0.999. The zero-order chi connectivity index (χ0) is 20.0. The number of benzene rings is 2. The van der Waals surface area contributed by atoms with E-state index >= 15 is 0 Å². The van der Waals surface area contributed by atoms with Crippen molar-refractivity contribution in [2.24, 2.45) is 4.99 Å². The lowest BCUT2D eigenvalue weighted by Crippen LogP contribution is -2.34. The third kappa shape index (κ3) is 5.94. The minimum Gasteiger partial charge on any atom is -0.258 e. The fraction of sp³-hybridized carbons (Fsp3) is 0.278. The summed E-state index contributed by atoms with van der Waals surface area (Å²) in [7, 11) is -3.63. The van der Waals surface area contributed by atoms with Crippen molar-refractivity contribution in [1.82, 2.24) is 8.43 Å². The van der Waals surface area contributed by atoms with E-state index in [1.807, 2.05) is 19.9 Å². The van der Waals surface area contributed by atoms with E-state index in [-0.39, 0.29) is 6.04 Å². The minimum absolute atomic E-state index is 0.227. The summed E-state index contributed by atoms with van der Waals surface area (Å²) in [6, 6.07) is 11.8. The van der Waals surface area contributed by atoms with Gasteiger partial charge in [0.15, 0.2) is 0 Å². The second-order valence-corrected chi connectivity index (χ2v) is 9.69. The number of rotatable bonds is 8. The molecule has 0 fully saturated rings. The first kappa shape index (κ1) is 22.2. The number of halogens is 2. The molecular formula is C18H21Cl2N3O2S2. The first-order chi connectivity index (χ1) is 12.7. The minimum atomic E-state index is -3.63. The van der Waals surface area contributed by atoms with Crippen LogP contribution in [0.2, 0.25) is 10.0 Å². The van der Waals surface area contributed by atoms with Crippen molar-refractivity contribution in [3.8, 4) is 0 Å². The van der Waals surface area contributed by atoms with Gasteiger partial charge in [0.25, 0.3) is 10.0 Å². The fourth-order valence-electron chi connectivity index (χ4n) is 2.24. The Labute approximate surface area is 175 Å². The summed E-state index contributed by atoms with van der Waals surface area (Å²) in [5.74, 6) is 0. The third-order valence-corrected chi connectivity index (χ3v) is 7.66. The molecule has 0 aliphatic heterocycles. The smallest absolute Gasteiger partial charge is 0.253 e. The topological polar surface area (TPSA) is 61.8 Å². The maximum atomic E-state index is 13.0. The average Bonchev–Trinajstić information content (AvgIpc) is 2.59. The molecule has 0 unspecified atom stereocenters. The Morgan fingerprint density at radius 3 is 2.56 bits per heavy atom. The average molecular weight is 446 g/mol. The maximum Gasteiger partial charge on any atom is 0.253 e. The number of hydrogen-bond acceptors (Lipinski definition) is 5. The lowest BCUT2D eigenvalue weighted by Gasteiger charge is -2.24. The molecule has 0 saturated heterocycles. The van der Waals surface area contributed by atoms with Gasteiger partial charge < -0.3 is 0 Å². The van der Waals surface area contributed by atoms with E-state index in [4.69, 9.17) is 23.2 Å². The molecular weight excluding hydrogens is 425 g/mol. The van der Waals surface area contributed by atoms with Crippen LogP contribution in [-0.4, -0.2) is 30.9 Å². The predicted molar refractivity (Wildman–Crippen MR) is 116 cm³/mol. The highest BCUT2D eigenvalue weighted by molar-refractivity contribution is 8.07. The lowest BCUT2D eigenvalue weighted by molar-refractivity contribution is 0.499. The maximum absolute atomic E-state index is 13.0. The highest BCUT2D eigenvalue weighted by Gasteiger charge is 2.29. The SMILES string of the molecule is Cc1ccccc1S(=O)(=O)N(SNCC=Nc1ccc(Cl)cc1Cl)C(C)C. The van der Waals surface area contributed by atoms with Crippen molar-refractivity contribution in [2.45, 2.75) is 31.7 Å². The van der Waals surface area contributed by atoms with Crippen LogP contribution < -0.4 is 4.72 Å². The second-order valence-electron chi connectivity index (χ2n) is 5.97. The number of hydrogen-bond donors (Lipinski definition) is 1. The normalized spacial score (nSPS) is 12.4. The van der Waals surface area contributed by atoms with Gasteiger partial charge in [0.1, 0.15) is 0 Å². The van der Waals surface area contributed by atoms with Crippen LogP contribution in [0.4, 0.5) is 5.69 Å². The Kier molecular flexibility index (Phi) is 8.15. The van der Waals surface area contributed by atoms with E-state index in [0.717, 1.165) is 12.1 Å². The zero-order valence-electron chi connectivity index (χ0n) is 15.2. The van der Waals surface area contributed by atoms with E-state index in [9.17, 15) is 8.42 Å². The van der Waals surface area contributed by atoms with Gasteiger partial charge in [-0.1, -0.05) is 41.4 Å². The number of sulfonamides is 1. The van der Waals surface area contributed by atoms with Gasteiger partial charge in [-0.05, 0) is 50.6 Å². The van der Waals surface area contributed by atoms with E-state index in [1.165, 1.54) is 3.71 Å². The van der Waals surface area contributed by atoms with Crippen LogP contribution in [-0.2, 0) is 10.0 Å². The van der Waals surface area contributed by atoms with Crippen molar-refractivity contribution < 1.29 is 8.42 Å². The highest BCUT2D eigenvalue weighted by atomic mass is 35.5. The van der Waals surface area contributed by atoms with Crippen LogP contribution in [0.5, 0.6) is 0 Å². The fourth-order valence-corrected chi connectivity index (χ4v) is 5.45. The molecule has 2 aromatic rings. The van der Waals surface area contributed by atoms with Crippen LogP contribution in [0.3, 0.4) is 0 Å². The highest BCUT2D eigenvalue weighted by Crippen LogP contribution is 2.28. The number of nitrogens with zero attached hydrogens (tertiary/aromatic N) is 2. The van der Waals surface area contributed by atoms with Crippen molar-refractivity contribution in [3.63, 3.8) is 0 Å². The van der Waals surface area contributed by atoms with Crippen molar-refractivity contribution in [1.29, 1.82) is 0 Å². The number of nitrogens with one attached hydrogen (secondary N) is 1. The molecule has 0 aliphatic rings. The Balaban J connectivity index is 2.03. The second kappa shape index (κ2) is 9.91. The van der Waals surface area contributed by atoms with Crippen LogP contribution in [0, 0.1) is 6.92 Å². The van der Waals surface area contributed by atoms with Crippen molar-refractivity contribution >= 4 is 57.3 Å². The van der Waals surface area contributed by atoms with Gasteiger partial charge >= 0.3 is 0 Å². The first-order valence-electron chi connectivity index (χ1n) is 8.21. The Morgan fingerprint density at radius 2 is 1.93 bits per heavy atom. The van der Waals surface area contributed by atoms with Crippen LogP contribution in [0.15, 0.2) is 52.4 Å². The van der Waals surface area contributed by atoms with Gasteiger partial charge in [-0.25, -0.2) is 13.1 Å². The van der Waals surface area contributed by atoms with Crippen molar-refractivity contribution in [3.05, 3.63) is 58.1 Å². The molecule has 2 aromatic carbocycles. The summed E-state index contributed by atoms with van der Waals surface area (Å²) in [5.41, 5.74) is 1.31.